The highest BCUT2D eigenvalue weighted by atomic mass is 35.5. The van der Waals surface area contributed by atoms with Crippen LogP contribution in [-0.4, -0.2) is 19.1 Å². The van der Waals surface area contributed by atoms with Gasteiger partial charge in [-0.15, -0.1) is 0 Å². The minimum Gasteiger partial charge on any atom is -0.494 e. The average molecular weight is 344 g/mol. The van der Waals surface area contributed by atoms with E-state index in [1.165, 1.54) is 0 Å². The third-order valence-electron chi connectivity index (χ3n) is 3.01. The summed E-state index contributed by atoms with van der Waals surface area (Å²) >= 11 is 5.62. The number of aliphatic imine (C=N–C) groups is 1. The number of rotatable bonds is 5. The Morgan fingerprint density at radius 1 is 1.29 bits per heavy atom. The van der Waals surface area contributed by atoms with Crippen LogP contribution in [0.4, 0.5) is 0 Å². The summed E-state index contributed by atoms with van der Waals surface area (Å²) in [6.07, 6.45) is 15.9. The third kappa shape index (κ3) is 7.75. The van der Waals surface area contributed by atoms with Gasteiger partial charge in [0, 0.05) is 17.6 Å². The van der Waals surface area contributed by atoms with Crippen molar-refractivity contribution in [3.8, 4) is 0 Å². The number of carbonyl (C=O) groups is 1. The molecule has 1 heterocycles. The highest BCUT2D eigenvalue weighted by molar-refractivity contribution is 6.30. The molecule has 126 valence electrons. The van der Waals surface area contributed by atoms with E-state index < -0.39 is 0 Å². The predicted octanol–water partition coefficient (Wildman–Crippen LogP) is 5.09. The molecule has 24 heavy (non-hydrogen) atoms. The molecular weight excluding hydrogens is 322 g/mol. The van der Waals surface area contributed by atoms with Crippen molar-refractivity contribution in [1.82, 2.24) is 0 Å². The summed E-state index contributed by atoms with van der Waals surface area (Å²) in [5.74, 6) is 0.783. The molecule has 1 aliphatic heterocycles. The zero-order valence-corrected chi connectivity index (χ0v) is 14.7. The van der Waals surface area contributed by atoms with Crippen LogP contribution in [0.5, 0.6) is 0 Å². The van der Waals surface area contributed by atoms with Gasteiger partial charge < -0.3 is 9.53 Å². The summed E-state index contributed by atoms with van der Waals surface area (Å²) < 4.78 is 5.24. The molecule has 0 atom stereocenters. The lowest BCUT2D eigenvalue weighted by atomic mass is 10.2. The Bertz CT molecular complexity index is 653. The number of ether oxygens (including phenoxy) is 1. The fourth-order valence-corrected chi connectivity index (χ4v) is 1.93. The number of allylic oxidation sites excluding steroid dienone is 6. The van der Waals surface area contributed by atoms with Crippen molar-refractivity contribution in [2.45, 2.75) is 19.8 Å². The van der Waals surface area contributed by atoms with Crippen LogP contribution in [0.2, 0.25) is 5.02 Å². The zero-order valence-electron chi connectivity index (χ0n) is 14.0. The van der Waals surface area contributed by atoms with E-state index in [2.05, 4.69) is 11.1 Å². The Morgan fingerprint density at radius 2 is 2.04 bits per heavy atom. The lowest BCUT2D eigenvalue weighted by Gasteiger charge is -2.03. The molecule has 0 spiro atoms. The smallest absolute Gasteiger partial charge is 0.144 e. The molecule has 0 aliphatic carbocycles. The first kappa shape index (κ1) is 19.7. The van der Waals surface area contributed by atoms with Gasteiger partial charge in [0.2, 0.25) is 0 Å². The van der Waals surface area contributed by atoms with Crippen molar-refractivity contribution in [2.75, 3.05) is 7.11 Å². The first-order chi connectivity index (χ1) is 11.7. The SMILES string of the molecule is C/C=C\C=C(\OC)C1=NC=CCC=C1.O=CCc1ccc(Cl)cc1. The van der Waals surface area contributed by atoms with E-state index in [-0.39, 0.29) is 0 Å². The monoisotopic (exact) mass is 343 g/mol. The molecule has 1 aliphatic rings. The van der Waals surface area contributed by atoms with Crippen molar-refractivity contribution < 1.29 is 9.53 Å². The quantitative estimate of drug-likeness (QED) is 0.424. The molecule has 0 saturated carbocycles. The summed E-state index contributed by atoms with van der Waals surface area (Å²) in [6.45, 7) is 1.97. The molecule has 0 aromatic heterocycles. The maximum Gasteiger partial charge on any atom is 0.144 e. The topological polar surface area (TPSA) is 38.7 Å². The van der Waals surface area contributed by atoms with Crippen molar-refractivity contribution in [3.05, 3.63) is 83.3 Å². The Kier molecular flexibility index (Phi) is 9.90. The molecule has 1 aromatic rings. The number of benzene rings is 1. The fraction of sp³-hybridized carbons (Fsp3) is 0.200. The Morgan fingerprint density at radius 3 is 2.67 bits per heavy atom. The number of aldehydes is 1. The van der Waals surface area contributed by atoms with Gasteiger partial charge in [-0.25, -0.2) is 0 Å². The molecule has 2 rings (SSSR count). The second-order valence-corrected chi connectivity index (χ2v) is 5.23. The van der Waals surface area contributed by atoms with Gasteiger partial charge in [0.15, 0.2) is 0 Å². The van der Waals surface area contributed by atoms with Crippen LogP contribution in [0, 0.1) is 0 Å². The van der Waals surface area contributed by atoms with E-state index in [4.69, 9.17) is 16.3 Å². The maximum atomic E-state index is 10.0. The second-order valence-electron chi connectivity index (χ2n) is 4.80. The van der Waals surface area contributed by atoms with E-state index in [1.54, 1.807) is 25.4 Å². The van der Waals surface area contributed by atoms with Gasteiger partial charge in [-0.1, -0.05) is 48.0 Å². The largest absolute Gasteiger partial charge is 0.494 e. The summed E-state index contributed by atoms with van der Waals surface area (Å²) in [5.41, 5.74) is 1.86. The van der Waals surface area contributed by atoms with Crippen LogP contribution < -0.4 is 0 Å². The van der Waals surface area contributed by atoms with Crippen molar-refractivity contribution >= 4 is 23.6 Å². The van der Waals surface area contributed by atoms with Gasteiger partial charge in [0.1, 0.15) is 17.8 Å². The van der Waals surface area contributed by atoms with E-state index in [9.17, 15) is 4.79 Å². The minimum absolute atomic E-state index is 0.469. The van der Waals surface area contributed by atoms with Crippen molar-refractivity contribution in [1.29, 1.82) is 0 Å². The highest BCUT2D eigenvalue weighted by Crippen LogP contribution is 2.09. The van der Waals surface area contributed by atoms with Gasteiger partial charge in [-0.05, 0) is 43.2 Å². The van der Waals surface area contributed by atoms with Crippen molar-refractivity contribution in [3.63, 3.8) is 0 Å². The number of hydrogen-bond acceptors (Lipinski definition) is 3. The molecule has 0 saturated heterocycles. The summed E-state index contributed by atoms with van der Waals surface area (Å²) in [7, 11) is 1.65. The van der Waals surface area contributed by atoms with E-state index >= 15 is 0 Å². The molecule has 0 N–H and O–H groups in total. The minimum atomic E-state index is 0.469. The third-order valence-corrected chi connectivity index (χ3v) is 3.26. The molecule has 3 nitrogen and oxygen atoms in total. The number of hydrogen-bond donors (Lipinski definition) is 0. The van der Waals surface area contributed by atoms with Crippen LogP contribution in [0.1, 0.15) is 18.9 Å². The summed E-state index contributed by atoms with van der Waals surface area (Å²) in [5, 5.41) is 0.703. The van der Waals surface area contributed by atoms with E-state index in [0.29, 0.717) is 11.4 Å². The van der Waals surface area contributed by atoms with Crippen LogP contribution in [0.25, 0.3) is 0 Å². The molecule has 1 aromatic carbocycles. The number of methoxy groups -OCH3 is 1. The molecule has 4 heteroatoms. The Balaban J connectivity index is 0.000000254. The van der Waals surface area contributed by atoms with E-state index in [1.807, 2.05) is 49.4 Å². The molecule has 0 amide bonds. The maximum absolute atomic E-state index is 10.0. The summed E-state index contributed by atoms with van der Waals surface area (Å²) in [6, 6.07) is 7.24. The van der Waals surface area contributed by atoms with Gasteiger partial charge in [0.05, 0.1) is 7.11 Å². The number of nitrogens with zero attached hydrogens (tertiary/aromatic N) is 1. The normalized spacial score (nSPS) is 13.8. The highest BCUT2D eigenvalue weighted by Gasteiger charge is 2.02. The first-order valence-corrected chi connectivity index (χ1v) is 8.03. The van der Waals surface area contributed by atoms with Gasteiger partial charge >= 0.3 is 0 Å². The number of carbonyl (C=O) groups excluding carboxylic acids is 1. The standard InChI is InChI=1S/C12H15NO.C8H7ClO/c1-3-4-9-12(14-2)11-8-6-5-7-10-13-11;9-8-3-1-7(2-4-8)5-6-10/h3-4,6-10H,5H2,1-2H3;1-4,6H,5H2/b4-3-,12-9+;. The molecular formula is C20H22ClNO2. The Hall–Kier alpha value is -2.39. The van der Waals surface area contributed by atoms with Crippen LogP contribution in [0.15, 0.2) is 77.7 Å². The van der Waals surface area contributed by atoms with Gasteiger partial charge in [-0.2, -0.15) is 0 Å². The average Bonchev–Trinajstić information content (AvgIpc) is 2.88. The van der Waals surface area contributed by atoms with Gasteiger partial charge in [0.25, 0.3) is 0 Å². The Labute approximate surface area is 148 Å². The molecule has 0 bridgehead atoms. The number of halogens is 1. The van der Waals surface area contributed by atoms with Crippen LogP contribution in [0.3, 0.4) is 0 Å². The molecule has 0 radical (unpaired) electrons. The summed E-state index contributed by atoms with van der Waals surface area (Å²) in [4.78, 5) is 14.3. The van der Waals surface area contributed by atoms with Crippen LogP contribution in [-0.2, 0) is 16.0 Å². The lowest BCUT2D eigenvalue weighted by Crippen LogP contribution is -2.00. The first-order valence-electron chi connectivity index (χ1n) is 7.66. The fourth-order valence-electron chi connectivity index (χ4n) is 1.80. The molecule has 0 unspecified atom stereocenters. The molecule has 0 fully saturated rings. The zero-order chi connectivity index (χ0) is 17.6. The van der Waals surface area contributed by atoms with Crippen molar-refractivity contribution in [2.24, 2.45) is 4.99 Å². The van der Waals surface area contributed by atoms with E-state index in [0.717, 1.165) is 29.7 Å². The van der Waals surface area contributed by atoms with Gasteiger partial charge in [-0.3, -0.25) is 4.99 Å². The lowest BCUT2D eigenvalue weighted by molar-refractivity contribution is -0.107. The van der Waals surface area contributed by atoms with Crippen LogP contribution >= 0.6 is 11.6 Å². The predicted molar refractivity (Wildman–Crippen MR) is 101 cm³/mol. The second kappa shape index (κ2) is 12.1.